The predicted molar refractivity (Wildman–Crippen MR) is 38.5 cm³/mol. The van der Waals surface area contributed by atoms with Gasteiger partial charge in [0.1, 0.15) is 5.60 Å². The van der Waals surface area contributed by atoms with E-state index in [4.69, 9.17) is 4.74 Å². The molecule has 0 atom stereocenters. The minimum atomic E-state index is -0.279. The van der Waals surface area contributed by atoms with Crippen LogP contribution in [0.1, 0.15) is 26.7 Å². The normalized spacial score (nSPS) is 24.2. The third-order valence-electron chi connectivity index (χ3n) is 1.69. The van der Waals surface area contributed by atoms with Gasteiger partial charge in [-0.15, -0.1) is 0 Å². The first-order valence-electron chi connectivity index (χ1n) is 3.42. The summed E-state index contributed by atoms with van der Waals surface area (Å²) >= 11 is 0. The second kappa shape index (κ2) is 2.11. The molecule has 0 amide bonds. The van der Waals surface area contributed by atoms with Crippen molar-refractivity contribution in [3.05, 3.63) is 12.2 Å². The van der Waals surface area contributed by atoms with Gasteiger partial charge >= 0.3 is 5.97 Å². The molecule has 10 heavy (non-hydrogen) atoms. The molecular formula is C8H12O2. The van der Waals surface area contributed by atoms with Gasteiger partial charge in [0, 0.05) is 5.57 Å². The van der Waals surface area contributed by atoms with Gasteiger partial charge in [0.15, 0.2) is 0 Å². The Morgan fingerprint density at radius 3 is 2.60 bits per heavy atom. The summed E-state index contributed by atoms with van der Waals surface area (Å²) < 4.78 is 5.05. The largest absolute Gasteiger partial charge is 0.456 e. The molecule has 1 fully saturated rings. The Labute approximate surface area is 60.9 Å². The first-order valence-corrected chi connectivity index (χ1v) is 3.42. The maximum Gasteiger partial charge on any atom is 0.333 e. The minimum Gasteiger partial charge on any atom is -0.456 e. The zero-order chi connectivity index (χ0) is 7.78. The molecule has 1 saturated heterocycles. The SMILES string of the molecule is C=C1CCC(C)(C)OC1=O. The van der Waals surface area contributed by atoms with E-state index in [0.717, 1.165) is 12.8 Å². The Kier molecular flexibility index (Phi) is 1.55. The fourth-order valence-corrected chi connectivity index (χ4v) is 0.928. The average Bonchev–Trinajstić information content (AvgIpc) is 1.79. The van der Waals surface area contributed by atoms with Gasteiger partial charge in [0.25, 0.3) is 0 Å². The lowest BCUT2D eigenvalue weighted by Crippen LogP contribution is -2.33. The van der Waals surface area contributed by atoms with Crippen LogP contribution in [-0.4, -0.2) is 11.6 Å². The van der Waals surface area contributed by atoms with E-state index in [2.05, 4.69) is 6.58 Å². The highest BCUT2D eigenvalue weighted by molar-refractivity contribution is 5.88. The van der Waals surface area contributed by atoms with Gasteiger partial charge in [-0.2, -0.15) is 0 Å². The van der Waals surface area contributed by atoms with Crippen molar-refractivity contribution in [3.63, 3.8) is 0 Å². The second-order valence-corrected chi connectivity index (χ2v) is 3.25. The van der Waals surface area contributed by atoms with Crippen LogP contribution in [0.25, 0.3) is 0 Å². The van der Waals surface area contributed by atoms with Gasteiger partial charge < -0.3 is 4.74 Å². The summed E-state index contributed by atoms with van der Waals surface area (Å²) in [5.74, 6) is -0.240. The molecule has 0 N–H and O–H groups in total. The topological polar surface area (TPSA) is 26.3 Å². The van der Waals surface area contributed by atoms with E-state index in [-0.39, 0.29) is 11.6 Å². The summed E-state index contributed by atoms with van der Waals surface area (Å²) in [6.45, 7) is 7.41. The Morgan fingerprint density at radius 1 is 1.60 bits per heavy atom. The predicted octanol–water partition coefficient (Wildman–Crippen LogP) is 1.66. The summed E-state index contributed by atoms with van der Waals surface area (Å²) in [5, 5.41) is 0. The molecule has 2 nitrogen and oxygen atoms in total. The summed E-state index contributed by atoms with van der Waals surface area (Å²) in [4.78, 5) is 10.9. The van der Waals surface area contributed by atoms with Crippen LogP contribution in [0.3, 0.4) is 0 Å². The Balaban J connectivity index is 2.66. The number of hydrogen-bond acceptors (Lipinski definition) is 2. The highest BCUT2D eigenvalue weighted by Crippen LogP contribution is 2.26. The molecule has 56 valence electrons. The number of carbonyl (C=O) groups is 1. The summed E-state index contributed by atoms with van der Waals surface area (Å²) in [6, 6.07) is 0. The maximum atomic E-state index is 10.9. The second-order valence-electron chi connectivity index (χ2n) is 3.25. The number of rotatable bonds is 0. The number of hydrogen-bond donors (Lipinski definition) is 0. The van der Waals surface area contributed by atoms with Crippen LogP contribution in [0.5, 0.6) is 0 Å². The molecule has 0 saturated carbocycles. The maximum absolute atomic E-state index is 10.9. The molecular weight excluding hydrogens is 128 g/mol. The van der Waals surface area contributed by atoms with E-state index in [1.165, 1.54) is 0 Å². The lowest BCUT2D eigenvalue weighted by atomic mass is 9.96. The van der Waals surface area contributed by atoms with Gasteiger partial charge in [-0.25, -0.2) is 4.79 Å². The smallest absolute Gasteiger partial charge is 0.333 e. The number of ether oxygens (including phenoxy) is 1. The van der Waals surface area contributed by atoms with Crippen molar-refractivity contribution in [2.75, 3.05) is 0 Å². The highest BCUT2D eigenvalue weighted by atomic mass is 16.6. The molecule has 0 aromatic rings. The van der Waals surface area contributed by atoms with Crippen LogP contribution < -0.4 is 0 Å². The summed E-state index contributed by atoms with van der Waals surface area (Å²) in [6.07, 6.45) is 1.66. The Hall–Kier alpha value is -0.790. The van der Waals surface area contributed by atoms with Gasteiger partial charge in [-0.1, -0.05) is 6.58 Å². The van der Waals surface area contributed by atoms with Crippen molar-refractivity contribution in [2.45, 2.75) is 32.3 Å². The van der Waals surface area contributed by atoms with Crippen molar-refractivity contribution in [1.29, 1.82) is 0 Å². The van der Waals surface area contributed by atoms with Crippen LogP contribution in [-0.2, 0) is 9.53 Å². The number of carbonyl (C=O) groups excluding carboxylic acids is 1. The zero-order valence-corrected chi connectivity index (χ0v) is 6.44. The zero-order valence-electron chi connectivity index (χ0n) is 6.44. The molecule has 2 heteroatoms. The van der Waals surface area contributed by atoms with Crippen LogP contribution in [0, 0.1) is 0 Å². The molecule has 1 heterocycles. The molecule has 0 radical (unpaired) electrons. The third-order valence-corrected chi connectivity index (χ3v) is 1.69. The third kappa shape index (κ3) is 1.38. The van der Waals surface area contributed by atoms with E-state index in [1.54, 1.807) is 0 Å². The quantitative estimate of drug-likeness (QED) is 0.378. The first-order chi connectivity index (χ1) is 4.51. The highest BCUT2D eigenvalue weighted by Gasteiger charge is 2.29. The molecule has 1 rings (SSSR count). The average molecular weight is 140 g/mol. The van der Waals surface area contributed by atoms with Gasteiger partial charge in [0.2, 0.25) is 0 Å². The van der Waals surface area contributed by atoms with Crippen LogP contribution in [0.2, 0.25) is 0 Å². The van der Waals surface area contributed by atoms with E-state index < -0.39 is 0 Å². The first kappa shape index (κ1) is 7.32. The van der Waals surface area contributed by atoms with Crippen molar-refractivity contribution >= 4 is 5.97 Å². The van der Waals surface area contributed by atoms with E-state index in [1.807, 2.05) is 13.8 Å². The molecule has 1 aliphatic rings. The number of esters is 1. The minimum absolute atomic E-state index is 0.240. The lowest BCUT2D eigenvalue weighted by Gasteiger charge is -2.30. The molecule has 0 aromatic carbocycles. The molecule has 0 spiro atoms. The molecule has 0 aromatic heterocycles. The summed E-state index contributed by atoms with van der Waals surface area (Å²) in [7, 11) is 0. The fourth-order valence-electron chi connectivity index (χ4n) is 0.928. The van der Waals surface area contributed by atoms with Crippen molar-refractivity contribution in [2.24, 2.45) is 0 Å². The standard InChI is InChI=1S/C8H12O2/c1-6-4-5-8(2,3)10-7(6)9/h1,4-5H2,2-3H3. The molecule has 0 bridgehead atoms. The van der Waals surface area contributed by atoms with E-state index >= 15 is 0 Å². The van der Waals surface area contributed by atoms with Crippen LogP contribution in [0.4, 0.5) is 0 Å². The van der Waals surface area contributed by atoms with E-state index in [9.17, 15) is 4.79 Å². The lowest BCUT2D eigenvalue weighted by molar-refractivity contribution is -0.155. The van der Waals surface area contributed by atoms with Crippen molar-refractivity contribution in [3.8, 4) is 0 Å². The van der Waals surface area contributed by atoms with E-state index in [0.29, 0.717) is 5.57 Å². The fraction of sp³-hybridized carbons (Fsp3) is 0.625. The Morgan fingerprint density at radius 2 is 2.20 bits per heavy atom. The van der Waals surface area contributed by atoms with Crippen molar-refractivity contribution < 1.29 is 9.53 Å². The Bertz CT molecular complexity index is 180. The van der Waals surface area contributed by atoms with Gasteiger partial charge in [-0.05, 0) is 26.7 Å². The molecule has 0 unspecified atom stereocenters. The van der Waals surface area contributed by atoms with Crippen molar-refractivity contribution in [1.82, 2.24) is 0 Å². The molecule has 0 aliphatic carbocycles. The number of cyclic esters (lactones) is 1. The van der Waals surface area contributed by atoms with Gasteiger partial charge in [0.05, 0.1) is 0 Å². The van der Waals surface area contributed by atoms with Crippen LogP contribution >= 0.6 is 0 Å². The molecule has 1 aliphatic heterocycles. The monoisotopic (exact) mass is 140 g/mol. The van der Waals surface area contributed by atoms with Gasteiger partial charge in [-0.3, -0.25) is 0 Å². The summed E-state index contributed by atoms with van der Waals surface area (Å²) in [5.41, 5.74) is 0.317. The van der Waals surface area contributed by atoms with Crippen LogP contribution in [0.15, 0.2) is 12.2 Å².